The Bertz CT molecular complexity index is 1030. The molecule has 1 atom stereocenters. The van der Waals surface area contributed by atoms with Crippen LogP contribution in [0.1, 0.15) is 58.3 Å². The van der Waals surface area contributed by atoms with E-state index in [1.807, 2.05) is 43.0 Å². The van der Waals surface area contributed by atoms with Crippen LogP contribution >= 0.6 is 11.3 Å². The molecule has 0 aliphatic carbocycles. The fraction of sp³-hybridized carbons (Fsp3) is 0.435. The van der Waals surface area contributed by atoms with Crippen molar-refractivity contribution in [1.82, 2.24) is 14.9 Å². The van der Waals surface area contributed by atoms with Gasteiger partial charge in [0.25, 0.3) is 5.91 Å². The van der Waals surface area contributed by atoms with E-state index in [-0.39, 0.29) is 11.8 Å². The summed E-state index contributed by atoms with van der Waals surface area (Å²) in [5.74, 6) is 2.55. The molecule has 164 valence electrons. The second-order valence-corrected chi connectivity index (χ2v) is 8.74. The summed E-state index contributed by atoms with van der Waals surface area (Å²) >= 11 is 1.43. The maximum Gasteiger partial charge on any atom is 0.265 e. The third kappa shape index (κ3) is 4.90. The van der Waals surface area contributed by atoms with Crippen molar-refractivity contribution >= 4 is 22.4 Å². The van der Waals surface area contributed by atoms with Crippen molar-refractivity contribution in [3.63, 3.8) is 0 Å². The highest BCUT2D eigenvalue weighted by Gasteiger charge is 2.30. The van der Waals surface area contributed by atoms with Crippen LogP contribution in [0.4, 0.5) is 5.13 Å². The zero-order valence-corrected chi connectivity index (χ0v) is 19.0. The number of benzene rings is 1. The lowest BCUT2D eigenvalue weighted by molar-refractivity contribution is 0.0702. The van der Waals surface area contributed by atoms with Gasteiger partial charge in [-0.15, -0.1) is 0 Å². The normalized spacial score (nSPS) is 16.4. The standard InChI is InChI=1S/C23H28N4O3S/c1-4-24-23-26-15(2)20(31-23)22(28)27-11-5-6-17(14-27)21-25-13-19(30-21)12-16-7-9-18(29-3)10-8-16/h7-10,13,17H,4-6,11-12,14H2,1-3H3,(H,24,26)/t17-/m1/s1. The van der Waals surface area contributed by atoms with Gasteiger partial charge in [0.15, 0.2) is 11.0 Å². The largest absolute Gasteiger partial charge is 0.497 e. The predicted octanol–water partition coefficient (Wildman–Crippen LogP) is 4.49. The number of nitrogens with one attached hydrogen (secondary N) is 1. The number of amides is 1. The van der Waals surface area contributed by atoms with Gasteiger partial charge in [-0.2, -0.15) is 0 Å². The Balaban J connectivity index is 1.42. The molecular weight excluding hydrogens is 412 g/mol. The van der Waals surface area contributed by atoms with Crippen molar-refractivity contribution in [2.45, 2.75) is 39.0 Å². The van der Waals surface area contributed by atoms with E-state index in [1.54, 1.807) is 13.3 Å². The van der Waals surface area contributed by atoms with Gasteiger partial charge in [-0.3, -0.25) is 4.79 Å². The molecule has 1 aliphatic rings. The number of ether oxygens (including phenoxy) is 1. The van der Waals surface area contributed by atoms with Gasteiger partial charge in [0.2, 0.25) is 0 Å². The zero-order chi connectivity index (χ0) is 21.8. The van der Waals surface area contributed by atoms with E-state index >= 15 is 0 Å². The number of aryl methyl sites for hydroxylation is 1. The van der Waals surface area contributed by atoms with Crippen LogP contribution in [0, 0.1) is 6.92 Å². The number of likely N-dealkylation sites (tertiary alicyclic amines) is 1. The number of aromatic nitrogens is 2. The third-order valence-electron chi connectivity index (χ3n) is 5.49. The van der Waals surface area contributed by atoms with Gasteiger partial charge in [0.05, 0.1) is 24.9 Å². The van der Waals surface area contributed by atoms with E-state index in [2.05, 4.69) is 15.3 Å². The van der Waals surface area contributed by atoms with E-state index in [0.29, 0.717) is 17.8 Å². The summed E-state index contributed by atoms with van der Waals surface area (Å²) in [5, 5.41) is 3.99. The van der Waals surface area contributed by atoms with E-state index in [4.69, 9.17) is 9.15 Å². The summed E-state index contributed by atoms with van der Waals surface area (Å²) in [6, 6.07) is 7.95. The number of piperidine rings is 1. The number of methoxy groups -OCH3 is 1. The highest BCUT2D eigenvalue weighted by Crippen LogP contribution is 2.30. The van der Waals surface area contributed by atoms with Gasteiger partial charge in [-0.25, -0.2) is 9.97 Å². The van der Waals surface area contributed by atoms with E-state index in [1.165, 1.54) is 11.3 Å². The Morgan fingerprint density at radius 2 is 2.16 bits per heavy atom. The van der Waals surface area contributed by atoms with Gasteiger partial charge in [-0.1, -0.05) is 23.5 Å². The first-order valence-electron chi connectivity index (χ1n) is 10.7. The van der Waals surface area contributed by atoms with Crippen molar-refractivity contribution < 1.29 is 13.9 Å². The fourth-order valence-electron chi connectivity index (χ4n) is 3.87. The summed E-state index contributed by atoms with van der Waals surface area (Å²) in [6.45, 7) is 6.07. The molecule has 8 heteroatoms. The number of carbonyl (C=O) groups is 1. The fourth-order valence-corrected chi connectivity index (χ4v) is 4.87. The number of hydrogen-bond acceptors (Lipinski definition) is 7. The minimum Gasteiger partial charge on any atom is -0.497 e. The molecule has 31 heavy (non-hydrogen) atoms. The average Bonchev–Trinajstić information content (AvgIpc) is 3.40. The average molecular weight is 441 g/mol. The molecule has 2 aromatic heterocycles. The molecule has 0 bridgehead atoms. The summed E-state index contributed by atoms with van der Waals surface area (Å²) in [7, 11) is 1.66. The Labute approximate surface area is 186 Å². The molecule has 0 spiro atoms. The summed E-state index contributed by atoms with van der Waals surface area (Å²) in [4.78, 5) is 24.7. The summed E-state index contributed by atoms with van der Waals surface area (Å²) < 4.78 is 11.3. The second-order valence-electron chi connectivity index (χ2n) is 7.74. The van der Waals surface area contributed by atoms with Crippen LogP contribution in [-0.2, 0) is 6.42 Å². The smallest absolute Gasteiger partial charge is 0.265 e. The van der Waals surface area contributed by atoms with E-state index < -0.39 is 0 Å². The molecule has 3 heterocycles. The van der Waals surface area contributed by atoms with Crippen LogP contribution in [0.25, 0.3) is 0 Å². The van der Waals surface area contributed by atoms with Crippen LogP contribution in [0.2, 0.25) is 0 Å². The maximum absolute atomic E-state index is 13.1. The zero-order valence-electron chi connectivity index (χ0n) is 18.2. The SMILES string of the molecule is CCNc1nc(C)c(C(=O)N2CCC[C@@H](c3ncc(Cc4ccc(OC)cc4)o3)C2)s1. The molecule has 7 nitrogen and oxygen atoms in total. The first-order valence-corrected chi connectivity index (χ1v) is 11.5. The Morgan fingerprint density at radius 1 is 1.35 bits per heavy atom. The highest BCUT2D eigenvalue weighted by molar-refractivity contribution is 7.17. The monoisotopic (exact) mass is 440 g/mol. The van der Waals surface area contributed by atoms with Crippen molar-refractivity contribution in [3.8, 4) is 5.75 Å². The van der Waals surface area contributed by atoms with E-state index in [0.717, 1.165) is 59.7 Å². The van der Waals surface area contributed by atoms with Gasteiger partial charge in [0.1, 0.15) is 16.4 Å². The van der Waals surface area contributed by atoms with Crippen LogP contribution in [0.5, 0.6) is 5.75 Å². The number of nitrogens with zero attached hydrogens (tertiary/aromatic N) is 3. The lowest BCUT2D eigenvalue weighted by atomic mass is 9.98. The quantitative estimate of drug-likeness (QED) is 0.583. The minimum atomic E-state index is 0.0499. The predicted molar refractivity (Wildman–Crippen MR) is 121 cm³/mol. The number of hydrogen-bond donors (Lipinski definition) is 1. The van der Waals surface area contributed by atoms with Gasteiger partial charge < -0.3 is 19.4 Å². The Morgan fingerprint density at radius 3 is 2.90 bits per heavy atom. The molecule has 0 saturated carbocycles. The van der Waals surface area contributed by atoms with Crippen LogP contribution in [0.15, 0.2) is 34.9 Å². The topological polar surface area (TPSA) is 80.5 Å². The van der Waals surface area contributed by atoms with Crippen LogP contribution in [-0.4, -0.2) is 47.5 Å². The number of oxazole rings is 1. The first-order chi connectivity index (χ1) is 15.1. The number of anilines is 1. The van der Waals surface area contributed by atoms with Crippen molar-refractivity contribution in [2.24, 2.45) is 0 Å². The highest BCUT2D eigenvalue weighted by atomic mass is 32.1. The van der Waals surface area contributed by atoms with Gasteiger partial charge in [-0.05, 0) is 44.4 Å². The number of carbonyl (C=O) groups excluding carboxylic acids is 1. The van der Waals surface area contributed by atoms with Crippen molar-refractivity contribution in [2.75, 3.05) is 32.1 Å². The molecule has 1 fully saturated rings. The maximum atomic E-state index is 13.1. The lowest BCUT2D eigenvalue weighted by Crippen LogP contribution is -2.39. The molecule has 3 aromatic rings. The van der Waals surface area contributed by atoms with E-state index in [9.17, 15) is 4.79 Å². The molecule has 4 rings (SSSR count). The first kappa shape index (κ1) is 21.4. The third-order valence-corrected chi connectivity index (χ3v) is 6.59. The molecule has 1 saturated heterocycles. The van der Waals surface area contributed by atoms with Gasteiger partial charge >= 0.3 is 0 Å². The van der Waals surface area contributed by atoms with Crippen molar-refractivity contribution in [1.29, 1.82) is 0 Å². The minimum absolute atomic E-state index is 0.0499. The summed E-state index contributed by atoms with van der Waals surface area (Å²) in [5.41, 5.74) is 1.92. The molecule has 0 radical (unpaired) electrons. The lowest BCUT2D eigenvalue weighted by Gasteiger charge is -2.31. The molecular formula is C23H28N4O3S. The number of thiazole rings is 1. The van der Waals surface area contributed by atoms with Gasteiger partial charge in [0, 0.05) is 26.1 Å². The second kappa shape index (κ2) is 9.51. The molecule has 1 N–H and O–H groups in total. The van der Waals surface area contributed by atoms with Crippen LogP contribution < -0.4 is 10.1 Å². The molecule has 0 unspecified atom stereocenters. The number of rotatable bonds is 7. The Kier molecular flexibility index (Phi) is 6.56. The van der Waals surface area contributed by atoms with Crippen LogP contribution in [0.3, 0.4) is 0 Å². The molecule has 1 aliphatic heterocycles. The summed E-state index contributed by atoms with van der Waals surface area (Å²) in [6.07, 6.45) is 4.39. The van der Waals surface area contributed by atoms with Crippen molar-refractivity contribution in [3.05, 3.63) is 58.2 Å². The Hall–Kier alpha value is -2.87. The molecule has 1 amide bonds. The molecule has 1 aromatic carbocycles.